The molecule has 0 spiro atoms. The summed E-state index contributed by atoms with van der Waals surface area (Å²) in [6.07, 6.45) is 8.15. The highest BCUT2D eigenvalue weighted by molar-refractivity contribution is 4.82. The lowest BCUT2D eigenvalue weighted by Gasteiger charge is -2.32. The summed E-state index contributed by atoms with van der Waals surface area (Å²) in [6.45, 7) is 3.33. The molecule has 0 aromatic heterocycles. The maximum atomic E-state index is 6.35. The third kappa shape index (κ3) is 3.25. The molecule has 1 rings (SSSR count). The Morgan fingerprint density at radius 2 is 1.93 bits per heavy atom. The van der Waals surface area contributed by atoms with Gasteiger partial charge in [0.1, 0.15) is 0 Å². The first-order valence-electron chi connectivity index (χ1n) is 6.19. The minimum Gasteiger partial charge on any atom is -0.327 e. The molecule has 1 aliphatic rings. The predicted molar refractivity (Wildman–Crippen MR) is 62.3 cm³/mol. The lowest BCUT2D eigenvalue weighted by Crippen LogP contribution is -2.42. The van der Waals surface area contributed by atoms with Gasteiger partial charge in [-0.15, -0.1) is 0 Å². The van der Waals surface area contributed by atoms with Crippen LogP contribution in [0.2, 0.25) is 0 Å². The Balaban J connectivity index is 2.38. The molecule has 1 fully saturated rings. The normalized spacial score (nSPS) is 23.4. The fourth-order valence-electron chi connectivity index (χ4n) is 2.72. The lowest BCUT2D eigenvalue weighted by atomic mass is 9.78. The van der Waals surface area contributed by atoms with Crippen molar-refractivity contribution in [1.29, 1.82) is 0 Å². The molecule has 84 valence electrons. The monoisotopic (exact) mass is 198 g/mol. The number of nitrogens with two attached hydrogens (primary N) is 1. The van der Waals surface area contributed by atoms with Gasteiger partial charge in [0.15, 0.2) is 0 Å². The molecule has 0 radical (unpaired) electrons. The molecule has 0 heterocycles. The van der Waals surface area contributed by atoms with Gasteiger partial charge in [0.2, 0.25) is 0 Å². The van der Waals surface area contributed by atoms with Gasteiger partial charge in [-0.3, -0.25) is 0 Å². The van der Waals surface area contributed by atoms with Gasteiger partial charge in [-0.05, 0) is 38.3 Å². The van der Waals surface area contributed by atoms with Crippen molar-refractivity contribution < 1.29 is 0 Å². The van der Waals surface area contributed by atoms with Gasteiger partial charge >= 0.3 is 0 Å². The third-order valence-corrected chi connectivity index (χ3v) is 3.73. The van der Waals surface area contributed by atoms with Crippen LogP contribution in [-0.4, -0.2) is 19.6 Å². The number of hydrogen-bond acceptors (Lipinski definition) is 2. The first kappa shape index (κ1) is 12.0. The summed E-state index contributed by atoms with van der Waals surface area (Å²) < 4.78 is 0. The van der Waals surface area contributed by atoms with Gasteiger partial charge < -0.3 is 11.1 Å². The summed E-state index contributed by atoms with van der Waals surface area (Å²) in [4.78, 5) is 0. The number of nitrogens with one attached hydrogen (secondary N) is 1. The van der Waals surface area contributed by atoms with Crippen LogP contribution in [0.25, 0.3) is 0 Å². The zero-order valence-corrected chi connectivity index (χ0v) is 9.76. The van der Waals surface area contributed by atoms with Crippen LogP contribution in [0.15, 0.2) is 0 Å². The van der Waals surface area contributed by atoms with Crippen molar-refractivity contribution >= 4 is 0 Å². The summed E-state index contributed by atoms with van der Waals surface area (Å²) in [5.41, 5.74) is 6.35. The van der Waals surface area contributed by atoms with Gasteiger partial charge in [-0.2, -0.15) is 0 Å². The highest BCUT2D eigenvalue weighted by Gasteiger charge is 2.25. The highest BCUT2D eigenvalue weighted by atomic mass is 14.8. The smallest absolute Gasteiger partial charge is 0.0108 e. The average Bonchev–Trinajstić information content (AvgIpc) is 2.26. The van der Waals surface area contributed by atoms with E-state index in [2.05, 4.69) is 12.2 Å². The van der Waals surface area contributed by atoms with E-state index in [0.717, 1.165) is 12.5 Å². The molecule has 2 unspecified atom stereocenters. The van der Waals surface area contributed by atoms with Crippen LogP contribution < -0.4 is 11.1 Å². The molecule has 2 nitrogen and oxygen atoms in total. The topological polar surface area (TPSA) is 38.0 Å². The van der Waals surface area contributed by atoms with Crippen molar-refractivity contribution in [2.24, 2.45) is 17.6 Å². The SMILES string of the molecule is CCC(CNC)C(N)C1CCCCC1. The fraction of sp³-hybridized carbons (Fsp3) is 1.00. The van der Waals surface area contributed by atoms with Crippen LogP contribution in [0.5, 0.6) is 0 Å². The molecule has 0 saturated heterocycles. The molecule has 3 N–H and O–H groups in total. The Morgan fingerprint density at radius 1 is 1.29 bits per heavy atom. The van der Waals surface area contributed by atoms with Crippen LogP contribution in [0, 0.1) is 11.8 Å². The second-order valence-corrected chi connectivity index (χ2v) is 4.70. The molecule has 0 aromatic carbocycles. The van der Waals surface area contributed by atoms with E-state index in [0.29, 0.717) is 12.0 Å². The molecule has 1 aliphatic carbocycles. The van der Waals surface area contributed by atoms with Gasteiger partial charge in [0.25, 0.3) is 0 Å². The molecule has 2 heteroatoms. The van der Waals surface area contributed by atoms with Crippen LogP contribution in [-0.2, 0) is 0 Å². The first-order chi connectivity index (χ1) is 6.79. The Morgan fingerprint density at radius 3 is 2.43 bits per heavy atom. The van der Waals surface area contributed by atoms with Crippen LogP contribution in [0.1, 0.15) is 45.4 Å². The average molecular weight is 198 g/mol. The third-order valence-electron chi connectivity index (χ3n) is 3.73. The van der Waals surface area contributed by atoms with Crippen LogP contribution in [0.4, 0.5) is 0 Å². The Kier molecular flexibility index (Phi) is 5.49. The Bertz CT molecular complexity index is 137. The number of hydrogen-bond donors (Lipinski definition) is 2. The summed E-state index contributed by atoms with van der Waals surface area (Å²) in [7, 11) is 2.02. The van der Waals surface area contributed by atoms with E-state index < -0.39 is 0 Å². The predicted octanol–water partition coefficient (Wildman–Crippen LogP) is 2.14. The molecular weight excluding hydrogens is 172 g/mol. The minimum absolute atomic E-state index is 0.424. The Hall–Kier alpha value is -0.0800. The standard InChI is InChI=1S/C12H26N2/c1-3-10(9-14-2)12(13)11-7-5-4-6-8-11/h10-12,14H,3-9,13H2,1-2H3. The highest BCUT2D eigenvalue weighted by Crippen LogP contribution is 2.29. The van der Waals surface area contributed by atoms with E-state index in [4.69, 9.17) is 5.73 Å². The molecule has 14 heavy (non-hydrogen) atoms. The van der Waals surface area contributed by atoms with E-state index in [-0.39, 0.29) is 0 Å². The largest absolute Gasteiger partial charge is 0.327 e. The molecule has 0 amide bonds. The summed E-state index contributed by atoms with van der Waals surface area (Å²) in [5, 5.41) is 3.26. The zero-order valence-electron chi connectivity index (χ0n) is 9.76. The van der Waals surface area contributed by atoms with E-state index in [1.165, 1.54) is 38.5 Å². The summed E-state index contributed by atoms with van der Waals surface area (Å²) >= 11 is 0. The second-order valence-electron chi connectivity index (χ2n) is 4.70. The van der Waals surface area contributed by atoms with Gasteiger partial charge in [-0.25, -0.2) is 0 Å². The van der Waals surface area contributed by atoms with Crippen molar-refractivity contribution in [3.05, 3.63) is 0 Å². The van der Waals surface area contributed by atoms with E-state index >= 15 is 0 Å². The van der Waals surface area contributed by atoms with E-state index in [1.807, 2.05) is 7.05 Å². The molecule has 2 atom stereocenters. The van der Waals surface area contributed by atoms with Gasteiger partial charge in [0.05, 0.1) is 0 Å². The van der Waals surface area contributed by atoms with Crippen molar-refractivity contribution in [1.82, 2.24) is 5.32 Å². The lowest BCUT2D eigenvalue weighted by molar-refractivity contribution is 0.236. The van der Waals surface area contributed by atoms with Crippen molar-refractivity contribution in [2.75, 3.05) is 13.6 Å². The molecular formula is C12H26N2. The molecule has 0 aromatic rings. The van der Waals surface area contributed by atoms with Crippen LogP contribution >= 0.6 is 0 Å². The van der Waals surface area contributed by atoms with Crippen molar-refractivity contribution in [3.63, 3.8) is 0 Å². The van der Waals surface area contributed by atoms with Crippen LogP contribution in [0.3, 0.4) is 0 Å². The molecule has 0 bridgehead atoms. The van der Waals surface area contributed by atoms with Crippen molar-refractivity contribution in [3.8, 4) is 0 Å². The molecule has 1 saturated carbocycles. The first-order valence-corrected chi connectivity index (χ1v) is 6.19. The molecule has 0 aliphatic heterocycles. The second kappa shape index (κ2) is 6.41. The zero-order chi connectivity index (χ0) is 10.4. The van der Waals surface area contributed by atoms with Gasteiger partial charge in [0, 0.05) is 6.04 Å². The maximum Gasteiger partial charge on any atom is 0.0108 e. The Labute approximate surface area is 88.6 Å². The van der Waals surface area contributed by atoms with Crippen molar-refractivity contribution in [2.45, 2.75) is 51.5 Å². The summed E-state index contributed by atoms with van der Waals surface area (Å²) in [5.74, 6) is 1.46. The fourth-order valence-corrected chi connectivity index (χ4v) is 2.72. The number of rotatable bonds is 5. The summed E-state index contributed by atoms with van der Waals surface area (Å²) in [6, 6.07) is 0.424. The maximum absolute atomic E-state index is 6.35. The van der Waals surface area contributed by atoms with Gasteiger partial charge in [-0.1, -0.05) is 32.6 Å². The minimum atomic E-state index is 0.424. The van der Waals surface area contributed by atoms with E-state index in [1.54, 1.807) is 0 Å². The van der Waals surface area contributed by atoms with E-state index in [9.17, 15) is 0 Å². The quantitative estimate of drug-likeness (QED) is 0.710.